The number of carbonyl (C=O) groups excluding carboxylic acids is 3. The van der Waals surface area contributed by atoms with Crippen LogP contribution in [0.2, 0.25) is 0 Å². The molecule has 0 saturated heterocycles. The van der Waals surface area contributed by atoms with Gasteiger partial charge in [0.25, 0.3) is 11.8 Å². The second-order valence-corrected chi connectivity index (χ2v) is 10.1. The van der Waals surface area contributed by atoms with Gasteiger partial charge >= 0.3 is 0 Å². The van der Waals surface area contributed by atoms with Crippen molar-refractivity contribution in [2.75, 3.05) is 10.6 Å². The molecule has 1 aliphatic rings. The van der Waals surface area contributed by atoms with Crippen molar-refractivity contribution >= 4 is 40.7 Å². The number of rotatable bonds is 7. The molecule has 0 spiro atoms. The lowest BCUT2D eigenvalue weighted by molar-refractivity contribution is -0.115. The summed E-state index contributed by atoms with van der Waals surface area (Å²) in [5, 5.41) is 8.45. The average Bonchev–Trinajstić information content (AvgIpc) is 3.40. The lowest BCUT2D eigenvalue weighted by atomic mass is 10.0. The highest BCUT2D eigenvalue weighted by molar-refractivity contribution is 6.35. The number of benzene rings is 3. The van der Waals surface area contributed by atoms with Crippen LogP contribution in [-0.4, -0.2) is 22.7 Å². The third-order valence-corrected chi connectivity index (χ3v) is 7.18. The van der Waals surface area contributed by atoms with E-state index in [0.717, 1.165) is 17.7 Å². The third-order valence-electron chi connectivity index (χ3n) is 7.18. The first-order valence-corrected chi connectivity index (χ1v) is 13.2. The first kappa shape index (κ1) is 28.4. The molecule has 4 aromatic rings. The van der Waals surface area contributed by atoms with Crippen molar-refractivity contribution < 1.29 is 27.6 Å². The number of amides is 3. The number of nitrogens with one attached hydrogen (secondary N) is 4. The number of aromatic nitrogens is 1. The Balaban J connectivity index is 1.36. The van der Waals surface area contributed by atoms with Gasteiger partial charge in [0.15, 0.2) is 0 Å². The first-order valence-electron chi connectivity index (χ1n) is 13.2. The Morgan fingerprint density at radius 3 is 2.38 bits per heavy atom. The van der Waals surface area contributed by atoms with E-state index in [1.807, 2.05) is 0 Å². The highest BCUT2D eigenvalue weighted by atomic mass is 19.1. The number of carbonyl (C=O) groups is 3. The predicted molar refractivity (Wildman–Crippen MR) is 154 cm³/mol. The minimum atomic E-state index is -0.804. The lowest BCUT2D eigenvalue weighted by Crippen LogP contribution is -2.26. The molecule has 0 aliphatic carbocycles. The van der Waals surface area contributed by atoms with E-state index in [1.165, 1.54) is 18.2 Å². The normalized spacial score (nSPS) is 14.0. The van der Waals surface area contributed by atoms with Gasteiger partial charge in [0, 0.05) is 34.3 Å². The molecule has 3 amide bonds. The van der Waals surface area contributed by atoms with Crippen molar-refractivity contribution in [2.45, 2.75) is 33.2 Å². The SMILES string of the molecule is Cc1[nH]c(/C=C2\C(=O)Nc3ccc(C(=O)NC(C)c4ccc(F)cc4)cc32)c(C)c1NC(=O)Cc1ccc(F)cc1F. The number of H-pyrrole nitrogens is 1. The van der Waals surface area contributed by atoms with Gasteiger partial charge in [0.1, 0.15) is 17.5 Å². The molecule has 214 valence electrons. The predicted octanol–water partition coefficient (Wildman–Crippen LogP) is 6.21. The van der Waals surface area contributed by atoms with Gasteiger partial charge < -0.3 is 20.9 Å². The zero-order valence-corrected chi connectivity index (χ0v) is 23.0. The molecular formula is C32H27F3N4O3. The molecule has 0 radical (unpaired) electrons. The van der Waals surface area contributed by atoms with E-state index < -0.39 is 17.5 Å². The minimum Gasteiger partial charge on any atom is -0.357 e. The standard InChI is InChI=1S/C32H27F3N4O3/c1-16-28(36-18(3)30(16)39-29(40)13-20-6-10-23(34)14-26(20)35)15-25-24-12-21(7-11-27(24)38-32(25)42)31(41)37-17(2)19-4-8-22(33)9-5-19/h4-12,14-15,17,36H,13H2,1-3H3,(H,37,41)(H,38,42)(H,39,40)/b25-15-. The van der Waals surface area contributed by atoms with Crippen LogP contribution in [0.5, 0.6) is 0 Å². The van der Waals surface area contributed by atoms with Gasteiger partial charge in [-0.1, -0.05) is 18.2 Å². The minimum absolute atomic E-state index is 0.0632. The molecular weight excluding hydrogens is 545 g/mol. The van der Waals surface area contributed by atoms with Crippen LogP contribution in [-0.2, 0) is 16.0 Å². The van der Waals surface area contributed by atoms with Crippen molar-refractivity contribution in [1.29, 1.82) is 0 Å². The van der Waals surface area contributed by atoms with Crippen LogP contribution in [0.1, 0.15) is 57.0 Å². The molecule has 10 heteroatoms. The van der Waals surface area contributed by atoms with Crippen LogP contribution >= 0.6 is 0 Å². The molecule has 42 heavy (non-hydrogen) atoms. The molecule has 5 rings (SSSR count). The zero-order valence-electron chi connectivity index (χ0n) is 23.0. The average molecular weight is 573 g/mol. The molecule has 0 fully saturated rings. The fraction of sp³-hybridized carbons (Fsp3) is 0.156. The molecule has 7 nitrogen and oxygen atoms in total. The van der Waals surface area contributed by atoms with E-state index in [1.54, 1.807) is 57.2 Å². The topological polar surface area (TPSA) is 103 Å². The maximum atomic E-state index is 14.0. The summed E-state index contributed by atoms with van der Waals surface area (Å²) in [6.45, 7) is 5.30. The van der Waals surface area contributed by atoms with Gasteiger partial charge in [-0.25, -0.2) is 13.2 Å². The summed E-state index contributed by atoms with van der Waals surface area (Å²) >= 11 is 0. The Hall–Kier alpha value is -5.12. The van der Waals surface area contributed by atoms with Crippen molar-refractivity contribution in [3.05, 3.63) is 117 Å². The molecule has 3 aromatic carbocycles. The van der Waals surface area contributed by atoms with E-state index in [9.17, 15) is 27.6 Å². The maximum Gasteiger partial charge on any atom is 0.256 e. The summed E-state index contributed by atoms with van der Waals surface area (Å²) in [5.74, 6) is -3.10. The summed E-state index contributed by atoms with van der Waals surface area (Å²) in [7, 11) is 0. The molecule has 1 aromatic heterocycles. The number of aryl methyl sites for hydroxylation is 1. The number of hydrogen-bond acceptors (Lipinski definition) is 3. The highest BCUT2D eigenvalue weighted by Gasteiger charge is 2.27. The number of halogens is 3. The van der Waals surface area contributed by atoms with Crippen LogP contribution < -0.4 is 16.0 Å². The van der Waals surface area contributed by atoms with Gasteiger partial charge in [-0.05, 0) is 79.9 Å². The Morgan fingerprint density at radius 1 is 0.952 bits per heavy atom. The van der Waals surface area contributed by atoms with E-state index in [4.69, 9.17) is 0 Å². The lowest BCUT2D eigenvalue weighted by Gasteiger charge is -2.15. The number of anilines is 2. The molecule has 0 bridgehead atoms. The van der Waals surface area contributed by atoms with Crippen LogP contribution in [0.4, 0.5) is 24.5 Å². The van der Waals surface area contributed by atoms with Gasteiger partial charge in [-0.2, -0.15) is 0 Å². The van der Waals surface area contributed by atoms with E-state index >= 15 is 0 Å². The number of aromatic amines is 1. The second-order valence-electron chi connectivity index (χ2n) is 10.1. The quantitative estimate of drug-likeness (QED) is 0.198. The first-order chi connectivity index (χ1) is 20.0. The Labute approximate surface area is 239 Å². The summed E-state index contributed by atoms with van der Waals surface area (Å²) < 4.78 is 40.5. The molecule has 4 N–H and O–H groups in total. The van der Waals surface area contributed by atoms with E-state index in [2.05, 4.69) is 20.9 Å². The summed E-state index contributed by atoms with van der Waals surface area (Å²) in [4.78, 5) is 41.7. The zero-order chi connectivity index (χ0) is 30.1. The van der Waals surface area contributed by atoms with Crippen LogP contribution in [0.25, 0.3) is 11.6 Å². The van der Waals surface area contributed by atoms with Crippen molar-refractivity contribution in [1.82, 2.24) is 10.3 Å². The molecule has 0 saturated carbocycles. The van der Waals surface area contributed by atoms with Crippen LogP contribution in [0.15, 0.2) is 60.7 Å². The van der Waals surface area contributed by atoms with Crippen molar-refractivity contribution in [2.24, 2.45) is 0 Å². The van der Waals surface area contributed by atoms with Gasteiger partial charge in [-0.3, -0.25) is 14.4 Å². The fourth-order valence-electron chi connectivity index (χ4n) is 4.86. The summed E-state index contributed by atoms with van der Waals surface area (Å²) in [6, 6.07) is 13.4. The number of hydrogen-bond donors (Lipinski definition) is 4. The molecule has 1 unspecified atom stereocenters. The Morgan fingerprint density at radius 2 is 1.67 bits per heavy atom. The van der Waals surface area contributed by atoms with Crippen molar-refractivity contribution in [3.8, 4) is 0 Å². The van der Waals surface area contributed by atoms with E-state index in [-0.39, 0.29) is 35.7 Å². The van der Waals surface area contributed by atoms with Gasteiger partial charge in [-0.15, -0.1) is 0 Å². The van der Waals surface area contributed by atoms with Crippen LogP contribution in [0, 0.1) is 31.3 Å². The summed E-state index contributed by atoms with van der Waals surface area (Å²) in [6.07, 6.45) is 1.36. The second kappa shape index (κ2) is 11.4. The maximum absolute atomic E-state index is 14.0. The summed E-state index contributed by atoms with van der Waals surface area (Å²) in [5.41, 5.74) is 4.86. The van der Waals surface area contributed by atoms with Gasteiger partial charge in [0.05, 0.1) is 23.7 Å². The van der Waals surface area contributed by atoms with Gasteiger partial charge in [0.2, 0.25) is 5.91 Å². The molecule has 1 aliphatic heterocycles. The Kier molecular flexibility index (Phi) is 7.71. The molecule has 1 atom stereocenters. The highest BCUT2D eigenvalue weighted by Crippen LogP contribution is 2.35. The van der Waals surface area contributed by atoms with E-state index in [0.29, 0.717) is 45.0 Å². The van der Waals surface area contributed by atoms with Crippen LogP contribution in [0.3, 0.4) is 0 Å². The molecule has 2 heterocycles. The third kappa shape index (κ3) is 5.83. The number of fused-ring (bicyclic) bond motifs is 1. The largest absolute Gasteiger partial charge is 0.357 e. The monoisotopic (exact) mass is 572 g/mol. The fourth-order valence-corrected chi connectivity index (χ4v) is 4.86. The smallest absolute Gasteiger partial charge is 0.256 e. The van der Waals surface area contributed by atoms with Crippen molar-refractivity contribution in [3.63, 3.8) is 0 Å². The Bertz CT molecular complexity index is 1760.